The molecule has 0 spiro atoms. The van der Waals surface area contributed by atoms with Crippen LogP contribution in [0.4, 0.5) is 11.4 Å². The zero-order valence-electron chi connectivity index (χ0n) is 11.7. The molecule has 20 heavy (non-hydrogen) atoms. The Hall–Kier alpha value is -1.75. The van der Waals surface area contributed by atoms with Gasteiger partial charge in [0.05, 0.1) is 11.4 Å². The zero-order chi connectivity index (χ0) is 14.1. The number of anilines is 2. The Morgan fingerprint density at radius 2 is 1.90 bits per heavy atom. The van der Waals surface area contributed by atoms with E-state index in [9.17, 15) is 4.79 Å². The first-order valence-corrected chi connectivity index (χ1v) is 7.30. The van der Waals surface area contributed by atoms with Gasteiger partial charge in [0.1, 0.15) is 0 Å². The summed E-state index contributed by atoms with van der Waals surface area (Å²) in [6.07, 6.45) is 2.79. The van der Waals surface area contributed by atoms with E-state index < -0.39 is 5.91 Å². The van der Waals surface area contributed by atoms with E-state index in [1.807, 2.05) is 6.07 Å². The minimum atomic E-state index is -0.404. The molecule has 0 unspecified atom stereocenters. The number of carbonyl (C=O) groups is 1. The highest BCUT2D eigenvalue weighted by Gasteiger charge is 2.26. The molecule has 1 aromatic carbocycles. The molecule has 3 rings (SSSR count). The van der Waals surface area contributed by atoms with E-state index in [4.69, 9.17) is 11.5 Å². The van der Waals surface area contributed by atoms with Gasteiger partial charge in [-0.05, 0) is 37.0 Å². The molecule has 0 radical (unpaired) electrons. The third kappa shape index (κ3) is 2.88. The zero-order valence-corrected chi connectivity index (χ0v) is 11.7. The molecular formula is C15H22N4O. The average Bonchev–Trinajstić information content (AvgIpc) is 3.24. The number of hydrogen-bond donors (Lipinski definition) is 2. The van der Waals surface area contributed by atoms with Gasteiger partial charge in [-0.15, -0.1) is 0 Å². The highest BCUT2D eigenvalue weighted by atomic mass is 16.1. The highest BCUT2D eigenvalue weighted by molar-refractivity contribution is 5.95. The lowest BCUT2D eigenvalue weighted by atomic mass is 10.1. The molecule has 1 aliphatic carbocycles. The van der Waals surface area contributed by atoms with Crippen molar-refractivity contribution in [3.8, 4) is 0 Å². The Balaban J connectivity index is 1.67. The number of nitrogen functional groups attached to an aromatic ring is 1. The molecule has 1 saturated heterocycles. The second-order valence-corrected chi connectivity index (χ2v) is 5.87. The first-order valence-electron chi connectivity index (χ1n) is 7.30. The van der Waals surface area contributed by atoms with Crippen molar-refractivity contribution in [1.29, 1.82) is 0 Å². The molecule has 0 bridgehead atoms. The van der Waals surface area contributed by atoms with Gasteiger partial charge in [0, 0.05) is 38.3 Å². The van der Waals surface area contributed by atoms with Crippen molar-refractivity contribution in [2.24, 2.45) is 11.7 Å². The Labute approximate surface area is 119 Å². The second kappa shape index (κ2) is 5.32. The summed E-state index contributed by atoms with van der Waals surface area (Å²) in [6, 6.07) is 5.27. The van der Waals surface area contributed by atoms with Gasteiger partial charge < -0.3 is 16.4 Å². The molecule has 5 nitrogen and oxygen atoms in total. The van der Waals surface area contributed by atoms with E-state index in [1.54, 1.807) is 12.1 Å². The number of carbonyl (C=O) groups excluding carboxylic acids is 1. The maximum absolute atomic E-state index is 11.3. The van der Waals surface area contributed by atoms with Crippen LogP contribution >= 0.6 is 0 Å². The van der Waals surface area contributed by atoms with Crippen LogP contribution in [0.5, 0.6) is 0 Å². The Kier molecular flexibility index (Phi) is 3.53. The van der Waals surface area contributed by atoms with Crippen molar-refractivity contribution in [1.82, 2.24) is 4.90 Å². The lowest BCUT2D eigenvalue weighted by Crippen LogP contribution is -2.47. The standard InChI is InChI=1S/C15H22N4O/c16-13-4-3-12(15(17)20)9-14(13)19-7-5-18(6-8-19)10-11-1-2-11/h3-4,9,11H,1-2,5-8,10,16H2,(H2,17,20). The van der Waals surface area contributed by atoms with E-state index in [2.05, 4.69) is 9.80 Å². The molecule has 108 valence electrons. The molecule has 5 heteroatoms. The van der Waals surface area contributed by atoms with Crippen molar-refractivity contribution >= 4 is 17.3 Å². The Bertz CT molecular complexity index is 505. The molecule has 2 fully saturated rings. The van der Waals surface area contributed by atoms with E-state index in [0.29, 0.717) is 11.3 Å². The van der Waals surface area contributed by atoms with E-state index in [-0.39, 0.29) is 0 Å². The summed E-state index contributed by atoms with van der Waals surface area (Å²) in [7, 11) is 0. The summed E-state index contributed by atoms with van der Waals surface area (Å²) in [5.41, 5.74) is 13.6. The van der Waals surface area contributed by atoms with Gasteiger partial charge in [0.2, 0.25) is 5.91 Å². The average molecular weight is 274 g/mol. The third-order valence-corrected chi connectivity index (χ3v) is 4.24. The summed E-state index contributed by atoms with van der Waals surface area (Å²) in [6.45, 7) is 5.29. The number of nitrogens with zero attached hydrogens (tertiary/aromatic N) is 2. The maximum Gasteiger partial charge on any atom is 0.248 e. The van der Waals surface area contributed by atoms with Crippen LogP contribution in [0, 0.1) is 5.92 Å². The Morgan fingerprint density at radius 1 is 1.20 bits per heavy atom. The smallest absolute Gasteiger partial charge is 0.248 e. The third-order valence-electron chi connectivity index (χ3n) is 4.24. The van der Waals surface area contributed by atoms with Crippen LogP contribution in [-0.2, 0) is 0 Å². The number of hydrogen-bond acceptors (Lipinski definition) is 4. The summed E-state index contributed by atoms with van der Waals surface area (Å²) in [5, 5.41) is 0. The fourth-order valence-corrected chi connectivity index (χ4v) is 2.81. The van der Waals surface area contributed by atoms with Crippen LogP contribution in [-0.4, -0.2) is 43.5 Å². The monoisotopic (exact) mass is 274 g/mol. The first kappa shape index (κ1) is 13.2. The van der Waals surface area contributed by atoms with Crippen LogP contribution < -0.4 is 16.4 Å². The summed E-state index contributed by atoms with van der Waals surface area (Å²) in [5.74, 6) is 0.531. The molecule has 1 aromatic rings. The Morgan fingerprint density at radius 3 is 2.50 bits per heavy atom. The maximum atomic E-state index is 11.3. The topological polar surface area (TPSA) is 75.6 Å². The van der Waals surface area contributed by atoms with Gasteiger partial charge in [-0.3, -0.25) is 9.69 Å². The number of benzene rings is 1. The van der Waals surface area contributed by atoms with Crippen molar-refractivity contribution in [3.63, 3.8) is 0 Å². The van der Waals surface area contributed by atoms with Crippen molar-refractivity contribution in [3.05, 3.63) is 23.8 Å². The normalized spacial score (nSPS) is 20.1. The van der Waals surface area contributed by atoms with Crippen molar-refractivity contribution in [2.45, 2.75) is 12.8 Å². The van der Waals surface area contributed by atoms with Crippen LogP contribution in [0.3, 0.4) is 0 Å². The minimum absolute atomic E-state index is 0.404. The van der Waals surface area contributed by atoms with Crippen LogP contribution in [0.15, 0.2) is 18.2 Å². The summed E-state index contributed by atoms with van der Waals surface area (Å²) in [4.78, 5) is 16.1. The van der Waals surface area contributed by atoms with Crippen LogP contribution in [0.25, 0.3) is 0 Å². The van der Waals surface area contributed by atoms with Crippen LogP contribution in [0.1, 0.15) is 23.2 Å². The number of piperazine rings is 1. The molecule has 1 heterocycles. The molecule has 4 N–H and O–H groups in total. The number of amides is 1. The van der Waals surface area contributed by atoms with Gasteiger partial charge in [-0.2, -0.15) is 0 Å². The highest BCUT2D eigenvalue weighted by Crippen LogP contribution is 2.31. The van der Waals surface area contributed by atoms with Crippen LogP contribution in [0.2, 0.25) is 0 Å². The van der Waals surface area contributed by atoms with E-state index >= 15 is 0 Å². The first-order chi connectivity index (χ1) is 9.63. The molecule has 0 atom stereocenters. The lowest BCUT2D eigenvalue weighted by Gasteiger charge is -2.36. The molecule has 1 saturated carbocycles. The molecule has 1 aliphatic heterocycles. The summed E-state index contributed by atoms with van der Waals surface area (Å²) >= 11 is 0. The van der Waals surface area contributed by atoms with Gasteiger partial charge >= 0.3 is 0 Å². The molecule has 0 aromatic heterocycles. The second-order valence-electron chi connectivity index (χ2n) is 5.87. The fraction of sp³-hybridized carbons (Fsp3) is 0.533. The lowest BCUT2D eigenvalue weighted by molar-refractivity contribution is 0.100. The SMILES string of the molecule is NC(=O)c1ccc(N)c(N2CCN(CC3CC3)CC2)c1. The molecule has 2 aliphatic rings. The van der Waals surface area contributed by atoms with Crippen molar-refractivity contribution in [2.75, 3.05) is 43.4 Å². The van der Waals surface area contributed by atoms with Gasteiger partial charge in [0.25, 0.3) is 0 Å². The molecular weight excluding hydrogens is 252 g/mol. The van der Waals surface area contributed by atoms with Gasteiger partial charge in [-0.1, -0.05) is 0 Å². The fourth-order valence-electron chi connectivity index (χ4n) is 2.81. The quantitative estimate of drug-likeness (QED) is 0.800. The number of rotatable bonds is 4. The van der Waals surface area contributed by atoms with E-state index in [0.717, 1.165) is 37.8 Å². The predicted octanol–water partition coefficient (Wildman–Crippen LogP) is 0.900. The van der Waals surface area contributed by atoms with Crippen molar-refractivity contribution < 1.29 is 4.79 Å². The molecule has 1 amide bonds. The number of nitrogens with two attached hydrogens (primary N) is 2. The van der Waals surface area contributed by atoms with Gasteiger partial charge in [0.15, 0.2) is 0 Å². The summed E-state index contributed by atoms with van der Waals surface area (Å²) < 4.78 is 0. The number of primary amides is 1. The van der Waals surface area contributed by atoms with E-state index in [1.165, 1.54) is 19.4 Å². The predicted molar refractivity (Wildman–Crippen MR) is 80.7 cm³/mol. The minimum Gasteiger partial charge on any atom is -0.397 e. The largest absolute Gasteiger partial charge is 0.397 e. The van der Waals surface area contributed by atoms with Gasteiger partial charge in [-0.25, -0.2) is 0 Å².